The second-order valence-corrected chi connectivity index (χ2v) is 3.52. The van der Waals surface area contributed by atoms with Gasteiger partial charge in [-0.2, -0.15) is 5.26 Å². The molecule has 0 heterocycles. The highest BCUT2D eigenvalue weighted by molar-refractivity contribution is 6.18. The summed E-state index contributed by atoms with van der Waals surface area (Å²) in [6.07, 6.45) is -4.94. The van der Waals surface area contributed by atoms with E-state index in [0.29, 0.717) is 0 Å². The first-order valence-corrected chi connectivity index (χ1v) is 5.33. The fraction of sp³-hybridized carbons (Fsp3) is 0.273. The molecule has 0 atom stereocenters. The number of carbonyl (C=O) groups is 1. The number of nitrogens with zero attached hydrogens (tertiary/aromatic N) is 1. The molecule has 0 saturated heterocycles. The first-order chi connectivity index (χ1) is 8.84. The molecule has 4 nitrogen and oxygen atoms in total. The van der Waals surface area contributed by atoms with Crippen LogP contribution in [0.3, 0.4) is 0 Å². The largest absolute Gasteiger partial charge is 0.573 e. The minimum atomic E-state index is -4.94. The van der Waals surface area contributed by atoms with Crippen molar-refractivity contribution < 1.29 is 27.4 Å². The molecule has 0 bridgehead atoms. The number of halogens is 4. The van der Waals surface area contributed by atoms with Gasteiger partial charge in [-0.3, -0.25) is 0 Å². The number of hydrogen-bond donors (Lipinski definition) is 0. The van der Waals surface area contributed by atoms with Crippen LogP contribution in [0.1, 0.15) is 21.5 Å². The standard InChI is InChI=1S/C11H7ClF3NO3/c1-18-10(17)6-2-3-9(19-11(13,14)15)8(5-16)7(6)4-12/h2-3H,4H2,1H3. The van der Waals surface area contributed by atoms with E-state index in [2.05, 4.69) is 9.47 Å². The van der Waals surface area contributed by atoms with Crippen molar-refractivity contribution in [3.63, 3.8) is 0 Å². The van der Waals surface area contributed by atoms with Crippen molar-refractivity contribution in [1.82, 2.24) is 0 Å². The lowest BCUT2D eigenvalue weighted by Crippen LogP contribution is -2.19. The van der Waals surface area contributed by atoms with Gasteiger partial charge in [-0.1, -0.05) is 0 Å². The van der Waals surface area contributed by atoms with Gasteiger partial charge in [-0.15, -0.1) is 24.8 Å². The Labute approximate surface area is 111 Å². The number of hydrogen-bond acceptors (Lipinski definition) is 4. The molecule has 0 saturated carbocycles. The average Bonchev–Trinajstić information content (AvgIpc) is 2.35. The number of benzene rings is 1. The summed E-state index contributed by atoms with van der Waals surface area (Å²) >= 11 is 5.56. The van der Waals surface area contributed by atoms with E-state index < -0.39 is 23.6 Å². The van der Waals surface area contributed by atoms with Crippen LogP contribution in [-0.2, 0) is 10.6 Å². The molecule has 1 aromatic carbocycles. The second-order valence-electron chi connectivity index (χ2n) is 3.25. The monoisotopic (exact) mass is 293 g/mol. The first-order valence-electron chi connectivity index (χ1n) is 4.80. The van der Waals surface area contributed by atoms with Gasteiger partial charge in [0.2, 0.25) is 0 Å². The summed E-state index contributed by atoms with van der Waals surface area (Å²) < 4.78 is 44.6. The summed E-state index contributed by atoms with van der Waals surface area (Å²) in [6, 6.07) is 3.47. The van der Waals surface area contributed by atoms with Crippen LogP contribution in [0.25, 0.3) is 0 Å². The lowest BCUT2D eigenvalue weighted by Gasteiger charge is -2.14. The zero-order chi connectivity index (χ0) is 14.6. The van der Waals surface area contributed by atoms with Crippen LogP contribution in [-0.4, -0.2) is 19.4 Å². The van der Waals surface area contributed by atoms with E-state index in [-0.39, 0.29) is 17.0 Å². The van der Waals surface area contributed by atoms with Crippen LogP contribution in [0, 0.1) is 11.3 Å². The molecule has 0 amide bonds. The summed E-state index contributed by atoms with van der Waals surface area (Å²) in [6.45, 7) is 0. The van der Waals surface area contributed by atoms with Crippen LogP contribution in [0.5, 0.6) is 5.75 Å². The number of alkyl halides is 4. The van der Waals surface area contributed by atoms with Gasteiger partial charge in [0.1, 0.15) is 11.8 Å². The van der Waals surface area contributed by atoms with Crippen molar-refractivity contribution in [1.29, 1.82) is 5.26 Å². The first kappa shape index (κ1) is 15.1. The number of esters is 1. The maximum absolute atomic E-state index is 12.2. The van der Waals surface area contributed by atoms with Crippen molar-refractivity contribution >= 4 is 17.6 Å². The van der Waals surface area contributed by atoms with E-state index in [9.17, 15) is 18.0 Å². The van der Waals surface area contributed by atoms with Crippen LogP contribution in [0.2, 0.25) is 0 Å². The highest BCUT2D eigenvalue weighted by Crippen LogP contribution is 2.31. The Morgan fingerprint density at radius 2 is 2.11 bits per heavy atom. The normalized spacial score (nSPS) is 10.7. The molecular weight excluding hydrogens is 287 g/mol. The summed E-state index contributed by atoms with van der Waals surface area (Å²) in [7, 11) is 1.10. The van der Waals surface area contributed by atoms with Crippen LogP contribution in [0.15, 0.2) is 12.1 Å². The van der Waals surface area contributed by atoms with Crippen molar-refractivity contribution in [2.75, 3.05) is 7.11 Å². The van der Waals surface area contributed by atoms with Crippen molar-refractivity contribution in [2.24, 2.45) is 0 Å². The molecule has 1 aromatic rings. The Hall–Kier alpha value is -1.94. The zero-order valence-electron chi connectivity index (χ0n) is 9.55. The van der Waals surface area contributed by atoms with Gasteiger partial charge in [-0.25, -0.2) is 4.79 Å². The molecule has 19 heavy (non-hydrogen) atoms. The molecular formula is C11H7ClF3NO3. The van der Waals surface area contributed by atoms with Crippen molar-refractivity contribution in [3.8, 4) is 11.8 Å². The van der Waals surface area contributed by atoms with Gasteiger partial charge >= 0.3 is 12.3 Å². The molecule has 0 N–H and O–H groups in total. The SMILES string of the molecule is COC(=O)c1ccc(OC(F)(F)F)c(C#N)c1CCl. The zero-order valence-corrected chi connectivity index (χ0v) is 10.3. The summed E-state index contributed by atoms with van der Waals surface area (Å²) in [5, 5.41) is 8.90. The minimum Gasteiger partial charge on any atom is -0.465 e. The smallest absolute Gasteiger partial charge is 0.465 e. The van der Waals surface area contributed by atoms with Crippen LogP contribution in [0.4, 0.5) is 13.2 Å². The molecule has 0 aliphatic heterocycles. The number of rotatable bonds is 3. The summed E-state index contributed by atoms with van der Waals surface area (Å²) in [5.41, 5.74) is -0.600. The maximum Gasteiger partial charge on any atom is 0.573 e. The number of carbonyl (C=O) groups excluding carboxylic acids is 1. The highest BCUT2D eigenvalue weighted by atomic mass is 35.5. The van der Waals surface area contributed by atoms with E-state index in [1.165, 1.54) is 6.07 Å². The van der Waals surface area contributed by atoms with Crippen LogP contribution < -0.4 is 4.74 Å². The molecule has 0 aromatic heterocycles. The quantitative estimate of drug-likeness (QED) is 0.635. The third kappa shape index (κ3) is 3.51. The van der Waals surface area contributed by atoms with Crippen LogP contribution >= 0.6 is 11.6 Å². The highest BCUT2D eigenvalue weighted by Gasteiger charge is 2.33. The van der Waals surface area contributed by atoms with Gasteiger partial charge < -0.3 is 9.47 Å². The predicted molar refractivity (Wildman–Crippen MR) is 58.7 cm³/mol. The molecule has 0 aliphatic rings. The molecule has 1 rings (SSSR count). The predicted octanol–water partition coefficient (Wildman–Crippen LogP) is 2.98. The Bertz CT molecular complexity index is 537. The Kier molecular flexibility index (Phi) is 4.62. The summed E-state index contributed by atoms with van der Waals surface area (Å²) in [4.78, 5) is 11.4. The van der Waals surface area contributed by atoms with E-state index in [1.54, 1.807) is 0 Å². The third-order valence-electron chi connectivity index (χ3n) is 2.15. The average molecular weight is 294 g/mol. The fourth-order valence-corrected chi connectivity index (χ4v) is 1.68. The summed E-state index contributed by atoms with van der Waals surface area (Å²) in [5.74, 6) is -1.84. The van der Waals surface area contributed by atoms with E-state index >= 15 is 0 Å². The maximum atomic E-state index is 12.2. The molecule has 8 heteroatoms. The molecule has 0 radical (unpaired) electrons. The lowest BCUT2D eigenvalue weighted by molar-refractivity contribution is -0.274. The Morgan fingerprint density at radius 3 is 2.53 bits per heavy atom. The van der Waals surface area contributed by atoms with Crippen molar-refractivity contribution in [2.45, 2.75) is 12.2 Å². The van der Waals surface area contributed by atoms with E-state index in [4.69, 9.17) is 16.9 Å². The van der Waals surface area contributed by atoms with Gasteiger partial charge in [0.25, 0.3) is 0 Å². The molecule has 0 fully saturated rings. The number of ether oxygens (including phenoxy) is 2. The molecule has 0 unspecified atom stereocenters. The topological polar surface area (TPSA) is 59.3 Å². The van der Waals surface area contributed by atoms with Gasteiger partial charge in [0.15, 0.2) is 0 Å². The lowest BCUT2D eigenvalue weighted by atomic mass is 10.0. The molecule has 102 valence electrons. The minimum absolute atomic E-state index is 0.0715. The van der Waals surface area contributed by atoms with E-state index in [1.807, 2.05) is 0 Å². The number of methoxy groups -OCH3 is 1. The Morgan fingerprint density at radius 1 is 1.47 bits per heavy atom. The third-order valence-corrected chi connectivity index (χ3v) is 2.42. The fourth-order valence-electron chi connectivity index (χ4n) is 1.40. The Balaban J connectivity index is 3.40. The van der Waals surface area contributed by atoms with Gasteiger partial charge in [0.05, 0.1) is 18.2 Å². The number of nitriles is 1. The second kappa shape index (κ2) is 5.80. The van der Waals surface area contributed by atoms with Gasteiger partial charge in [-0.05, 0) is 12.1 Å². The van der Waals surface area contributed by atoms with E-state index in [0.717, 1.165) is 19.2 Å². The molecule has 0 spiro atoms. The molecule has 0 aliphatic carbocycles. The van der Waals surface area contributed by atoms with Crippen molar-refractivity contribution in [3.05, 3.63) is 28.8 Å². The van der Waals surface area contributed by atoms with Gasteiger partial charge in [0, 0.05) is 11.4 Å².